The molecular weight excluding hydrogens is 304 g/mol. The maximum absolute atomic E-state index is 11.9. The van der Waals surface area contributed by atoms with Gasteiger partial charge in [0.25, 0.3) is 5.91 Å². The van der Waals surface area contributed by atoms with Gasteiger partial charge in [0.2, 0.25) is 0 Å². The predicted octanol–water partition coefficient (Wildman–Crippen LogP) is 0.119. The molecule has 2 aromatic heterocycles. The molecule has 0 unspecified atom stereocenters. The Bertz CT molecular complexity index is 587. The molecule has 22 heavy (non-hydrogen) atoms. The van der Waals surface area contributed by atoms with Gasteiger partial charge in [0, 0.05) is 25.0 Å². The number of aromatic nitrogens is 2. The lowest BCUT2D eigenvalue weighted by atomic mass is 10.1. The second-order valence-corrected chi connectivity index (χ2v) is 6.06. The van der Waals surface area contributed by atoms with E-state index in [9.17, 15) is 9.90 Å². The standard InChI is InChI=1S/C14H18N4O3S/c19-13-10(16-5-9-4-15-8-18-9)7-21-11(13)6-17-14(20)12-2-1-3-22-12/h1-4,8,10-11,13,16,19H,5-7H2,(H,15,18)(H,17,20)/t10-,11-,13+/m1/s1. The van der Waals surface area contributed by atoms with Gasteiger partial charge in [0.15, 0.2) is 0 Å². The summed E-state index contributed by atoms with van der Waals surface area (Å²) in [6.45, 7) is 1.29. The average Bonchev–Trinajstić information content (AvgIpc) is 3.26. The van der Waals surface area contributed by atoms with Crippen molar-refractivity contribution >= 4 is 17.2 Å². The maximum Gasteiger partial charge on any atom is 0.261 e. The van der Waals surface area contributed by atoms with E-state index in [1.807, 2.05) is 11.4 Å². The molecule has 0 aromatic carbocycles. The van der Waals surface area contributed by atoms with Crippen LogP contribution in [0.1, 0.15) is 15.4 Å². The van der Waals surface area contributed by atoms with Crippen molar-refractivity contribution in [3.8, 4) is 0 Å². The SMILES string of the molecule is O=C(NC[C@H]1OC[C@@H](NCc2cnc[nH]2)[C@@H]1O)c1cccs1. The second-order valence-electron chi connectivity index (χ2n) is 5.11. The Balaban J connectivity index is 1.44. The first kappa shape index (κ1) is 15.2. The lowest BCUT2D eigenvalue weighted by Crippen LogP contribution is -2.44. The number of hydrogen-bond acceptors (Lipinski definition) is 6. The Morgan fingerprint density at radius 3 is 3.23 bits per heavy atom. The average molecular weight is 322 g/mol. The molecule has 3 rings (SSSR count). The Hall–Kier alpha value is -1.74. The quantitative estimate of drug-likeness (QED) is 0.605. The third-order valence-corrected chi connectivity index (χ3v) is 4.47. The third-order valence-electron chi connectivity index (χ3n) is 3.60. The van der Waals surface area contributed by atoms with Crippen molar-refractivity contribution in [3.63, 3.8) is 0 Å². The van der Waals surface area contributed by atoms with Crippen molar-refractivity contribution in [3.05, 3.63) is 40.6 Å². The molecule has 0 saturated carbocycles. The monoisotopic (exact) mass is 322 g/mol. The molecule has 1 saturated heterocycles. The van der Waals surface area contributed by atoms with E-state index in [4.69, 9.17) is 4.74 Å². The van der Waals surface area contributed by atoms with Gasteiger partial charge in [-0.15, -0.1) is 11.3 Å². The fourth-order valence-corrected chi connectivity index (χ4v) is 2.99. The van der Waals surface area contributed by atoms with Crippen LogP contribution in [0, 0.1) is 0 Å². The van der Waals surface area contributed by atoms with E-state index in [2.05, 4.69) is 20.6 Å². The molecule has 1 aliphatic heterocycles. The number of carbonyl (C=O) groups is 1. The van der Waals surface area contributed by atoms with Crippen LogP contribution in [0.15, 0.2) is 30.0 Å². The summed E-state index contributed by atoms with van der Waals surface area (Å²) in [5.41, 5.74) is 0.946. The van der Waals surface area contributed by atoms with E-state index in [1.54, 1.807) is 18.6 Å². The first-order chi connectivity index (χ1) is 10.7. The first-order valence-electron chi connectivity index (χ1n) is 7.06. The van der Waals surface area contributed by atoms with E-state index in [1.165, 1.54) is 11.3 Å². The lowest BCUT2D eigenvalue weighted by Gasteiger charge is -2.18. The van der Waals surface area contributed by atoms with E-state index in [-0.39, 0.29) is 11.9 Å². The number of aromatic amines is 1. The molecule has 0 bridgehead atoms. The van der Waals surface area contributed by atoms with Crippen LogP contribution in [0.2, 0.25) is 0 Å². The van der Waals surface area contributed by atoms with Crippen molar-refractivity contribution in [2.45, 2.75) is 24.8 Å². The Morgan fingerprint density at radius 1 is 1.59 bits per heavy atom. The Morgan fingerprint density at radius 2 is 2.50 bits per heavy atom. The molecule has 3 atom stereocenters. The number of hydrogen-bond donors (Lipinski definition) is 4. The second kappa shape index (κ2) is 7.01. The molecule has 8 heteroatoms. The number of ether oxygens (including phenoxy) is 1. The summed E-state index contributed by atoms with van der Waals surface area (Å²) in [6.07, 6.45) is 2.28. The van der Waals surface area contributed by atoms with Gasteiger partial charge in [-0.2, -0.15) is 0 Å². The van der Waals surface area contributed by atoms with Gasteiger partial charge in [-0.25, -0.2) is 4.98 Å². The third kappa shape index (κ3) is 3.53. The number of H-pyrrole nitrogens is 1. The molecule has 0 spiro atoms. The van der Waals surface area contributed by atoms with Gasteiger partial charge in [0.05, 0.1) is 30.0 Å². The highest BCUT2D eigenvalue weighted by molar-refractivity contribution is 7.12. The van der Waals surface area contributed by atoms with Crippen LogP contribution in [0.5, 0.6) is 0 Å². The summed E-state index contributed by atoms with van der Waals surface area (Å²) < 4.78 is 5.57. The van der Waals surface area contributed by atoms with E-state index < -0.39 is 12.2 Å². The predicted molar refractivity (Wildman–Crippen MR) is 81.6 cm³/mol. The van der Waals surface area contributed by atoms with Crippen molar-refractivity contribution < 1.29 is 14.6 Å². The Kier molecular flexibility index (Phi) is 4.84. The zero-order valence-electron chi connectivity index (χ0n) is 11.9. The highest BCUT2D eigenvalue weighted by Gasteiger charge is 2.35. The van der Waals surface area contributed by atoms with Crippen molar-refractivity contribution in [1.29, 1.82) is 0 Å². The minimum atomic E-state index is -0.661. The summed E-state index contributed by atoms with van der Waals surface area (Å²) in [7, 11) is 0. The molecule has 0 radical (unpaired) electrons. The summed E-state index contributed by atoms with van der Waals surface area (Å²) in [6, 6.07) is 3.43. The van der Waals surface area contributed by atoms with Gasteiger partial charge in [-0.1, -0.05) is 6.07 Å². The molecule has 1 aliphatic rings. The van der Waals surface area contributed by atoms with Crippen LogP contribution >= 0.6 is 11.3 Å². The van der Waals surface area contributed by atoms with Crippen LogP contribution in [0.25, 0.3) is 0 Å². The Labute approximate surface area is 131 Å². The number of thiophene rings is 1. The van der Waals surface area contributed by atoms with Crippen LogP contribution in [0.4, 0.5) is 0 Å². The topological polar surface area (TPSA) is 99.3 Å². The minimum Gasteiger partial charge on any atom is -0.389 e. The number of aliphatic hydroxyl groups excluding tert-OH is 1. The smallest absolute Gasteiger partial charge is 0.261 e. The van der Waals surface area contributed by atoms with Crippen molar-refractivity contribution in [1.82, 2.24) is 20.6 Å². The number of nitrogens with one attached hydrogen (secondary N) is 3. The van der Waals surface area contributed by atoms with Crippen LogP contribution < -0.4 is 10.6 Å². The normalized spacial score (nSPS) is 24.5. The molecule has 7 nitrogen and oxygen atoms in total. The van der Waals surface area contributed by atoms with Crippen molar-refractivity contribution in [2.24, 2.45) is 0 Å². The molecule has 2 aromatic rings. The van der Waals surface area contributed by atoms with Gasteiger partial charge in [0.1, 0.15) is 6.10 Å². The van der Waals surface area contributed by atoms with Crippen LogP contribution in [0.3, 0.4) is 0 Å². The summed E-state index contributed by atoms with van der Waals surface area (Å²) in [5, 5.41) is 18.1. The molecule has 0 aliphatic carbocycles. The fourth-order valence-electron chi connectivity index (χ4n) is 2.35. The number of aliphatic hydroxyl groups is 1. The zero-order chi connectivity index (χ0) is 15.4. The van der Waals surface area contributed by atoms with E-state index >= 15 is 0 Å². The summed E-state index contributed by atoms with van der Waals surface area (Å²) in [4.78, 5) is 19.5. The fraction of sp³-hybridized carbons (Fsp3) is 0.429. The van der Waals surface area contributed by atoms with E-state index in [0.29, 0.717) is 24.6 Å². The summed E-state index contributed by atoms with van der Waals surface area (Å²) >= 11 is 1.38. The highest BCUT2D eigenvalue weighted by Crippen LogP contribution is 2.15. The largest absolute Gasteiger partial charge is 0.389 e. The first-order valence-corrected chi connectivity index (χ1v) is 7.94. The summed E-state index contributed by atoms with van der Waals surface area (Å²) in [5.74, 6) is -0.139. The number of rotatable bonds is 6. The highest BCUT2D eigenvalue weighted by atomic mass is 32.1. The van der Waals surface area contributed by atoms with Gasteiger partial charge in [-0.05, 0) is 11.4 Å². The van der Waals surface area contributed by atoms with E-state index in [0.717, 1.165) is 5.69 Å². The minimum absolute atomic E-state index is 0.139. The van der Waals surface area contributed by atoms with Gasteiger partial charge < -0.3 is 25.5 Å². The number of nitrogens with zero attached hydrogens (tertiary/aromatic N) is 1. The molecule has 118 valence electrons. The maximum atomic E-state index is 11.9. The molecule has 1 amide bonds. The van der Waals surface area contributed by atoms with Crippen molar-refractivity contribution in [2.75, 3.05) is 13.2 Å². The van der Waals surface area contributed by atoms with Gasteiger partial charge >= 0.3 is 0 Å². The van der Waals surface area contributed by atoms with Crippen LogP contribution in [-0.4, -0.2) is 52.4 Å². The molecule has 3 heterocycles. The lowest BCUT2D eigenvalue weighted by molar-refractivity contribution is 0.0399. The molecule has 4 N–H and O–H groups in total. The number of carbonyl (C=O) groups excluding carboxylic acids is 1. The van der Waals surface area contributed by atoms with Crippen LogP contribution in [-0.2, 0) is 11.3 Å². The zero-order valence-corrected chi connectivity index (χ0v) is 12.7. The molecular formula is C14H18N4O3S. The molecule has 1 fully saturated rings. The number of imidazole rings is 1. The number of amides is 1. The van der Waals surface area contributed by atoms with Gasteiger partial charge in [-0.3, -0.25) is 4.79 Å².